The van der Waals surface area contributed by atoms with E-state index in [1.54, 1.807) is 12.1 Å². The van der Waals surface area contributed by atoms with E-state index < -0.39 is 5.89 Å². The van der Waals surface area contributed by atoms with Gasteiger partial charge in [-0.05, 0) is 17.7 Å². The van der Waals surface area contributed by atoms with Crippen LogP contribution in [0.15, 0.2) is 53.1 Å². The fraction of sp³-hybridized carbons (Fsp3) is 0.167. The first-order valence-electron chi connectivity index (χ1n) is 5.37. The van der Waals surface area contributed by atoms with E-state index >= 15 is 0 Å². The van der Waals surface area contributed by atoms with Crippen molar-refractivity contribution < 1.29 is 7.16 Å². The molecule has 0 fully saturated rings. The molecule has 1 heteroatoms. The summed E-state index contributed by atoms with van der Waals surface area (Å²) >= 11 is 0. The van der Waals surface area contributed by atoms with Crippen molar-refractivity contribution in [2.45, 2.75) is 12.8 Å². The molecule has 0 radical (unpaired) electrons. The second kappa shape index (κ2) is 3.48. The number of hydrogen-bond acceptors (Lipinski definition) is 1. The van der Waals surface area contributed by atoms with Gasteiger partial charge in [-0.3, -0.25) is 0 Å². The first kappa shape index (κ1) is 6.03. The topological polar surface area (TPSA) is 13.1 Å². The van der Waals surface area contributed by atoms with Crippen LogP contribution in [0.1, 0.15) is 26.9 Å². The lowest BCUT2D eigenvalue weighted by atomic mass is 9.99. The predicted octanol–water partition coefficient (Wildman–Crippen LogP) is 3.43. The van der Waals surface area contributed by atoms with Crippen LogP contribution in [-0.2, 0) is 0 Å². The zero-order valence-corrected chi connectivity index (χ0v) is 7.23. The smallest absolute Gasteiger partial charge is 0.110 e. The van der Waals surface area contributed by atoms with Gasteiger partial charge >= 0.3 is 0 Å². The standard InChI is InChI=1S/C12H12O/c1-10(12-8-5-9-13-12)11-6-3-2-4-7-11/h2-10H,1H3/i1D,10D. The Labute approximate surface area is 80.8 Å². The summed E-state index contributed by atoms with van der Waals surface area (Å²) in [5.74, 6) is -0.575. The van der Waals surface area contributed by atoms with Crippen LogP contribution in [0.25, 0.3) is 0 Å². The molecule has 0 saturated heterocycles. The Morgan fingerprint density at radius 1 is 1.23 bits per heavy atom. The van der Waals surface area contributed by atoms with Gasteiger partial charge in [-0.15, -0.1) is 0 Å². The summed E-state index contributed by atoms with van der Waals surface area (Å²) in [6.45, 7) is -0.0511. The van der Waals surface area contributed by atoms with Crippen LogP contribution in [0.4, 0.5) is 0 Å². The minimum atomic E-state index is -1.09. The molecular formula is C12H12O. The lowest BCUT2D eigenvalue weighted by Crippen LogP contribution is -1.92. The lowest BCUT2D eigenvalue weighted by Gasteiger charge is -2.07. The van der Waals surface area contributed by atoms with E-state index in [0.29, 0.717) is 5.76 Å². The molecule has 0 amide bonds. The maximum atomic E-state index is 8.29. The van der Waals surface area contributed by atoms with Gasteiger partial charge in [0.15, 0.2) is 0 Å². The fourth-order valence-corrected chi connectivity index (χ4v) is 1.23. The zero-order valence-electron chi connectivity index (χ0n) is 9.23. The third-order valence-corrected chi connectivity index (χ3v) is 1.94. The Kier molecular flexibility index (Phi) is 1.61. The summed E-state index contributed by atoms with van der Waals surface area (Å²) in [4.78, 5) is 0. The van der Waals surface area contributed by atoms with Crippen LogP contribution in [0.3, 0.4) is 0 Å². The first-order chi connectivity index (χ1) is 7.27. The van der Waals surface area contributed by atoms with Crippen molar-refractivity contribution in [3.05, 3.63) is 60.1 Å². The molecule has 0 saturated carbocycles. The maximum absolute atomic E-state index is 8.29. The number of furan rings is 1. The maximum Gasteiger partial charge on any atom is 0.110 e. The van der Waals surface area contributed by atoms with E-state index in [2.05, 4.69) is 0 Å². The summed E-state index contributed by atoms with van der Waals surface area (Å²) < 4.78 is 21.0. The Balaban J connectivity index is 2.47. The molecular weight excluding hydrogens is 160 g/mol. The third-order valence-electron chi connectivity index (χ3n) is 1.94. The monoisotopic (exact) mass is 174 g/mol. The first-order valence-corrected chi connectivity index (χ1v) is 4.16. The Morgan fingerprint density at radius 2 is 2.08 bits per heavy atom. The molecule has 0 aliphatic heterocycles. The molecule has 1 aromatic heterocycles. The Hall–Kier alpha value is -1.50. The van der Waals surface area contributed by atoms with Crippen molar-refractivity contribution in [2.24, 2.45) is 0 Å². The molecule has 2 aromatic rings. The third kappa shape index (κ3) is 1.64. The molecule has 0 aliphatic carbocycles. The van der Waals surface area contributed by atoms with Gasteiger partial charge in [-0.25, -0.2) is 0 Å². The molecule has 2 rings (SSSR count). The van der Waals surface area contributed by atoms with Crippen molar-refractivity contribution in [1.82, 2.24) is 0 Å². The highest BCUT2D eigenvalue weighted by Gasteiger charge is 2.09. The second-order valence-corrected chi connectivity index (χ2v) is 2.82. The summed E-state index contributed by atoms with van der Waals surface area (Å²) in [6.07, 6.45) is 1.54. The van der Waals surface area contributed by atoms with Crippen molar-refractivity contribution in [3.8, 4) is 0 Å². The quantitative estimate of drug-likeness (QED) is 0.679. The predicted molar refractivity (Wildman–Crippen MR) is 52.7 cm³/mol. The molecule has 0 bridgehead atoms. The van der Waals surface area contributed by atoms with Crippen LogP contribution >= 0.6 is 0 Å². The van der Waals surface area contributed by atoms with E-state index in [-0.39, 0.29) is 6.90 Å². The van der Waals surface area contributed by atoms with Crippen molar-refractivity contribution in [3.63, 3.8) is 0 Å². The van der Waals surface area contributed by atoms with Gasteiger partial charge in [-0.1, -0.05) is 37.2 Å². The summed E-state index contributed by atoms with van der Waals surface area (Å²) in [6, 6.07) is 12.8. The van der Waals surface area contributed by atoms with Gasteiger partial charge in [0.2, 0.25) is 0 Å². The minimum Gasteiger partial charge on any atom is -0.469 e. The summed E-state index contributed by atoms with van der Waals surface area (Å²) in [5, 5.41) is 0. The minimum absolute atomic E-state index is 0.0511. The van der Waals surface area contributed by atoms with Crippen LogP contribution < -0.4 is 0 Å². The van der Waals surface area contributed by atoms with Gasteiger partial charge in [0, 0.05) is 8.64 Å². The molecule has 1 heterocycles. The molecule has 0 aliphatic rings. The molecule has 0 N–H and O–H groups in total. The average molecular weight is 174 g/mol. The van der Waals surface area contributed by atoms with E-state index in [1.165, 1.54) is 6.26 Å². The lowest BCUT2D eigenvalue weighted by molar-refractivity contribution is 0.496. The second-order valence-electron chi connectivity index (χ2n) is 2.82. The van der Waals surface area contributed by atoms with Crippen LogP contribution in [0.2, 0.25) is 0 Å². The molecule has 13 heavy (non-hydrogen) atoms. The van der Waals surface area contributed by atoms with Gasteiger partial charge in [-0.2, -0.15) is 0 Å². The van der Waals surface area contributed by atoms with Crippen LogP contribution in [0, 0.1) is 0 Å². The van der Waals surface area contributed by atoms with E-state index in [0.717, 1.165) is 5.56 Å². The SMILES string of the molecule is [2H]CC([2H])(c1ccccc1)c1ccco1. The summed E-state index contributed by atoms with van der Waals surface area (Å²) in [7, 11) is 0. The Bertz CT molecular complexity index is 410. The van der Waals surface area contributed by atoms with Crippen molar-refractivity contribution >= 4 is 0 Å². The van der Waals surface area contributed by atoms with Crippen LogP contribution in [0.5, 0.6) is 0 Å². The molecule has 66 valence electrons. The van der Waals surface area contributed by atoms with Crippen molar-refractivity contribution in [1.29, 1.82) is 0 Å². The highest BCUT2D eigenvalue weighted by molar-refractivity contribution is 5.25. The number of benzene rings is 1. The average Bonchev–Trinajstić information content (AvgIpc) is 2.83. The van der Waals surface area contributed by atoms with Gasteiger partial charge < -0.3 is 4.42 Å². The Morgan fingerprint density at radius 3 is 2.69 bits per heavy atom. The molecule has 1 atom stereocenters. The van der Waals surface area contributed by atoms with Crippen molar-refractivity contribution in [2.75, 3.05) is 0 Å². The van der Waals surface area contributed by atoms with E-state index in [1.807, 2.05) is 30.3 Å². The fourth-order valence-electron chi connectivity index (χ4n) is 1.23. The number of rotatable bonds is 2. The normalized spacial score (nSPS) is 17.2. The largest absolute Gasteiger partial charge is 0.469 e. The van der Waals surface area contributed by atoms with Gasteiger partial charge in [0.25, 0.3) is 0 Å². The van der Waals surface area contributed by atoms with Gasteiger partial charge in [0.05, 0.1) is 6.26 Å². The van der Waals surface area contributed by atoms with Crippen LogP contribution in [-0.4, -0.2) is 0 Å². The highest BCUT2D eigenvalue weighted by Crippen LogP contribution is 2.23. The molecule has 1 aromatic carbocycles. The molecule has 0 spiro atoms. The van der Waals surface area contributed by atoms with Gasteiger partial charge in [0.1, 0.15) is 5.76 Å². The van der Waals surface area contributed by atoms with E-state index in [9.17, 15) is 0 Å². The zero-order chi connectivity index (χ0) is 10.7. The summed E-state index contributed by atoms with van der Waals surface area (Å²) in [5.41, 5.74) is 0.787. The molecule has 1 nitrogen and oxygen atoms in total. The highest BCUT2D eigenvalue weighted by atomic mass is 16.3. The van der Waals surface area contributed by atoms with E-state index in [4.69, 9.17) is 7.16 Å². The molecule has 1 unspecified atom stereocenters. The number of hydrogen-bond donors (Lipinski definition) is 0.